The first kappa shape index (κ1) is 45.2. The predicted molar refractivity (Wildman–Crippen MR) is 196 cm³/mol. The summed E-state index contributed by atoms with van der Waals surface area (Å²) in [4.78, 5) is 51.1. The van der Waals surface area contributed by atoms with E-state index in [1.165, 1.54) is 19.1 Å². The fourth-order valence-electron chi connectivity index (χ4n) is 5.98. The minimum absolute atomic E-state index is 0.0528. The molecule has 1 N–H and O–H groups in total. The van der Waals surface area contributed by atoms with Crippen LogP contribution in [-0.4, -0.2) is 75.2 Å². The monoisotopic (exact) mass is 718 g/mol. The van der Waals surface area contributed by atoms with Crippen LogP contribution in [0.5, 0.6) is 11.5 Å². The molecular formula is C40H62O11. The van der Waals surface area contributed by atoms with Gasteiger partial charge >= 0.3 is 23.9 Å². The van der Waals surface area contributed by atoms with Crippen molar-refractivity contribution >= 4 is 30.0 Å². The maximum atomic E-state index is 13.8. The number of hydrogen-bond acceptors (Lipinski definition) is 11. The van der Waals surface area contributed by atoms with Crippen LogP contribution < -0.4 is 9.47 Å². The second kappa shape index (κ2) is 18.1. The molecule has 1 aromatic carbocycles. The van der Waals surface area contributed by atoms with Crippen molar-refractivity contribution < 1.29 is 52.7 Å². The quantitative estimate of drug-likeness (QED) is 0.0544. The molecule has 3 atom stereocenters. The number of aliphatic hydroxyl groups is 1. The number of methoxy groups -OCH3 is 2. The van der Waals surface area contributed by atoms with E-state index in [1.807, 2.05) is 41.5 Å². The highest BCUT2D eigenvalue weighted by Crippen LogP contribution is 2.57. The van der Waals surface area contributed by atoms with Crippen molar-refractivity contribution in [1.82, 2.24) is 0 Å². The zero-order chi connectivity index (χ0) is 39.5. The highest BCUT2D eigenvalue weighted by Gasteiger charge is 2.61. The third kappa shape index (κ3) is 12.4. The van der Waals surface area contributed by atoms with E-state index in [0.717, 1.165) is 5.56 Å². The molecule has 0 saturated carbocycles. The van der Waals surface area contributed by atoms with E-state index in [0.29, 0.717) is 17.9 Å². The number of allylic oxidation sites excluding steroid dienone is 2. The number of carbonyl (C=O) groups is 4. The molecule has 1 aromatic rings. The van der Waals surface area contributed by atoms with E-state index in [4.69, 9.17) is 28.4 Å². The van der Waals surface area contributed by atoms with Gasteiger partial charge in [-0.05, 0) is 62.6 Å². The maximum Gasteiger partial charge on any atom is 0.330 e. The van der Waals surface area contributed by atoms with Gasteiger partial charge in [0.05, 0.1) is 30.7 Å². The molecule has 0 spiro atoms. The van der Waals surface area contributed by atoms with E-state index in [-0.39, 0.29) is 38.3 Å². The van der Waals surface area contributed by atoms with Gasteiger partial charge in [-0.2, -0.15) is 0 Å². The number of esters is 4. The van der Waals surface area contributed by atoms with Gasteiger partial charge in [0.15, 0.2) is 0 Å². The summed E-state index contributed by atoms with van der Waals surface area (Å²) in [6.45, 7) is 21.1. The largest absolute Gasteiger partial charge is 0.497 e. The van der Waals surface area contributed by atoms with Crippen LogP contribution in [0, 0.1) is 27.1 Å². The Balaban J connectivity index is 3.08. The van der Waals surface area contributed by atoms with Gasteiger partial charge in [0.1, 0.15) is 37.9 Å². The SMILES string of the molecule is COc1ccc(OC)c(/C=C/C=C/C(=O)OCCOC(=O)C(C)(CC(C)(O)C(C)(C)C(C)(CC(C)(C)C)C(=O)OCCOC(C)=O)C(C)(C)C)c1. The molecule has 0 saturated heterocycles. The van der Waals surface area contributed by atoms with Crippen LogP contribution in [0.25, 0.3) is 6.08 Å². The Hall–Kier alpha value is -3.86. The molecule has 0 aromatic heterocycles. The summed E-state index contributed by atoms with van der Waals surface area (Å²) in [5, 5.41) is 12.3. The Morgan fingerprint density at radius 2 is 1.22 bits per heavy atom. The summed E-state index contributed by atoms with van der Waals surface area (Å²) in [7, 11) is 3.13. The third-order valence-electron chi connectivity index (χ3n) is 10.1. The summed E-state index contributed by atoms with van der Waals surface area (Å²) < 4.78 is 32.0. The van der Waals surface area contributed by atoms with Gasteiger partial charge in [-0.15, -0.1) is 0 Å². The highest BCUT2D eigenvalue weighted by atomic mass is 16.6. The Kier molecular flexibility index (Phi) is 16.0. The first-order valence-electron chi connectivity index (χ1n) is 17.2. The lowest BCUT2D eigenvalue weighted by atomic mass is 9.50. The molecule has 11 heteroatoms. The lowest BCUT2D eigenvalue weighted by molar-refractivity contribution is -0.200. The van der Waals surface area contributed by atoms with Gasteiger partial charge in [-0.1, -0.05) is 73.6 Å². The Bertz CT molecular complexity index is 1410. The fraction of sp³-hybridized carbons (Fsp3) is 0.650. The molecule has 0 bridgehead atoms. The second-order valence-electron chi connectivity index (χ2n) is 16.3. The zero-order valence-electron chi connectivity index (χ0n) is 33.3. The molecule has 0 aliphatic carbocycles. The van der Waals surface area contributed by atoms with Gasteiger partial charge in [0, 0.05) is 24.0 Å². The third-order valence-corrected chi connectivity index (χ3v) is 10.1. The predicted octanol–water partition coefficient (Wildman–Crippen LogP) is 7.13. The van der Waals surface area contributed by atoms with E-state index in [2.05, 4.69) is 0 Å². The summed E-state index contributed by atoms with van der Waals surface area (Å²) in [6, 6.07) is 5.36. The van der Waals surface area contributed by atoms with Crippen LogP contribution in [0.15, 0.2) is 36.4 Å². The molecule has 11 nitrogen and oxygen atoms in total. The molecule has 3 unspecified atom stereocenters. The molecule has 1 rings (SSSR count). The van der Waals surface area contributed by atoms with Gasteiger partial charge in [0.25, 0.3) is 0 Å². The average Bonchev–Trinajstić information content (AvgIpc) is 3.01. The standard InChI is InChI=1S/C40H62O11/c1-28(41)48-21-23-51-34(44)39(11,26-35(2,3)4)37(8,9)40(12,45)27-38(10,36(5,6)7)33(43)50-24-22-49-32(42)18-16-15-17-29-25-30(46-13)19-20-31(29)47-14/h15-20,25,45H,21-24,26-27H2,1-14H3/b17-15+,18-16+. The second-order valence-corrected chi connectivity index (χ2v) is 16.3. The molecule has 51 heavy (non-hydrogen) atoms. The molecular weight excluding hydrogens is 656 g/mol. The number of hydrogen-bond donors (Lipinski definition) is 1. The van der Waals surface area contributed by atoms with Crippen LogP contribution in [0.1, 0.15) is 101 Å². The summed E-state index contributed by atoms with van der Waals surface area (Å²) in [5.41, 5.74) is -5.44. The van der Waals surface area contributed by atoms with Crippen LogP contribution >= 0.6 is 0 Å². The maximum absolute atomic E-state index is 13.8. The molecule has 288 valence electrons. The van der Waals surface area contributed by atoms with E-state index in [9.17, 15) is 24.3 Å². The van der Waals surface area contributed by atoms with Crippen molar-refractivity contribution in [2.45, 2.75) is 102 Å². The van der Waals surface area contributed by atoms with E-state index >= 15 is 0 Å². The first-order chi connectivity index (χ1) is 23.3. The highest BCUT2D eigenvalue weighted by molar-refractivity contribution is 5.82. The minimum Gasteiger partial charge on any atom is -0.497 e. The minimum atomic E-state index is -1.59. The smallest absolute Gasteiger partial charge is 0.330 e. The summed E-state index contributed by atoms with van der Waals surface area (Å²) in [5.74, 6) is -0.904. The molecule has 0 aliphatic rings. The normalized spacial score (nSPS) is 16.1. The molecule has 0 heterocycles. The van der Waals surface area contributed by atoms with Gasteiger partial charge in [0.2, 0.25) is 0 Å². The molecule has 0 aliphatic heterocycles. The van der Waals surface area contributed by atoms with Crippen molar-refractivity contribution in [1.29, 1.82) is 0 Å². The van der Waals surface area contributed by atoms with Crippen LogP contribution in [0.2, 0.25) is 0 Å². The Labute approximate surface area is 305 Å². The average molecular weight is 719 g/mol. The lowest BCUT2D eigenvalue weighted by Crippen LogP contribution is -2.60. The number of benzene rings is 1. The zero-order valence-corrected chi connectivity index (χ0v) is 33.3. The lowest BCUT2D eigenvalue weighted by Gasteiger charge is -2.55. The Morgan fingerprint density at radius 3 is 1.71 bits per heavy atom. The van der Waals surface area contributed by atoms with Crippen molar-refractivity contribution in [3.05, 3.63) is 42.0 Å². The molecule has 0 radical (unpaired) electrons. The first-order valence-corrected chi connectivity index (χ1v) is 17.2. The van der Waals surface area contributed by atoms with Crippen LogP contribution in [0.4, 0.5) is 0 Å². The van der Waals surface area contributed by atoms with Crippen molar-refractivity contribution in [2.75, 3.05) is 40.6 Å². The topological polar surface area (TPSA) is 144 Å². The number of rotatable bonds is 18. The fourth-order valence-corrected chi connectivity index (χ4v) is 5.98. The van der Waals surface area contributed by atoms with Crippen molar-refractivity contribution in [2.24, 2.45) is 27.1 Å². The molecule has 0 fully saturated rings. The number of carbonyl (C=O) groups excluding carboxylic acids is 4. The van der Waals surface area contributed by atoms with Crippen LogP contribution in [-0.2, 0) is 38.1 Å². The molecule has 0 amide bonds. The van der Waals surface area contributed by atoms with Crippen molar-refractivity contribution in [3.63, 3.8) is 0 Å². The number of ether oxygens (including phenoxy) is 6. The summed E-state index contributed by atoms with van der Waals surface area (Å²) >= 11 is 0. The van der Waals surface area contributed by atoms with Gasteiger partial charge in [-0.25, -0.2) is 4.79 Å². The Morgan fingerprint density at radius 1 is 0.686 bits per heavy atom. The summed E-state index contributed by atoms with van der Waals surface area (Å²) in [6.07, 6.45) is 6.50. The van der Waals surface area contributed by atoms with E-state index < -0.39 is 51.1 Å². The van der Waals surface area contributed by atoms with Crippen molar-refractivity contribution in [3.8, 4) is 11.5 Å². The van der Waals surface area contributed by atoms with Crippen LogP contribution in [0.3, 0.4) is 0 Å². The van der Waals surface area contributed by atoms with Gasteiger partial charge in [-0.3, -0.25) is 14.4 Å². The van der Waals surface area contributed by atoms with E-state index in [1.54, 1.807) is 79.2 Å². The van der Waals surface area contributed by atoms with Gasteiger partial charge < -0.3 is 33.5 Å².